The smallest absolute Gasteiger partial charge is 0.278 e. The van der Waals surface area contributed by atoms with Gasteiger partial charge < -0.3 is 10.3 Å². The molecule has 9 heteroatoms. The number of fused-ring (bicyclic) bond motifs is 1. The normalized spacial score (nSPS) is 11.0. The minimum absolute atomic E-state index is 0.103. The summed E-state index contributed by atoms with van der Waals surface area (Å²) in [5.41, 5.74) is 2.19. The summed E-state index contributed by atoms with van der Waals surface area (Å²) in [5.74, 6) is -2.20. The van der Waals surface area contributed by atoms with Crippen molar-refractivity contribution in [1.29, 1.82) is 0 Å². The summed E-state index contributed by atoms with van der Waals surface area (Å²) in [6.07, 6.45) is 1.73. The molecule has 0 aliphatic carbocycles. The Morgan fingerprint density at radius 2 is 1.97 bits per heavy atom. The molecule has 0 spiro atoms. The monoisotopic (exact) mass is 426 g/mol. The van der Waals surface area contributed by atoms with Crippen molar-refractivity contribution in [3.05, 3.63) is 76.7 Å². The van der Waals surface area contributed by atoms with Crippen molar-refractivity contribution in [1.82, 2.24) is 14.5 Å². The minimum Gasteiger partial charge on any atom is -0.355 e. The molecular weight excluding hydrogens is 410 g/mol. The van der Waals surface area contributed by atoms with Crippen molar-refractivity contribution in [3.8, 4) is 11.1 Å². The van der Waals surface area contributed by atoms with Gasteiger partial charge in [0, 0.05) is 24.9 Å². The number of nitrogens with zero attached hydrogens (tertiary/aromatic N) is 2. The van der Waals surface area contributed by atoms with Gasteiger partial charge in [-0.25, -0.2) is 13.8 Å². The Bertz CT molecular complexity index is 1300. The van der Waals surface area contributed by atoms with Crippen molar-refractivity contribution in [3.63, 3.8) is 0 Å². The number of halogens is 2. The van der Waals surface area contributed by atoms with Crippen LogP contribution in [0.25, 0.3) is 22.2 Å². The molecule has 0 radical (unpaired) electrons. The Morgan fingerprint density at radius 3 is 2.70 bits per heavy atom. The van der Waals surface area contributed by atoms with Gasteiger partial charge in [-0.1, -0.05) is 42.1 Å². The van der Waals surface area contributed by atoms with E-state index in [-0.39, 0.29) is 17.0 Å². The first-order chi connectivity index (χ1) is 14.4. The van der Waals surface area contributed by atoms with E-state index in [0.29, 0.717) is 22.3 Å². The number of amides is 1. The molecule has 30 heavy (non-hydrogen) atoms. The number of hydrogen-bond acceptors (Lipinski definition) is 4. The van der Waals surface area contributed by atoms with Gasteiger partial charge in [-0.05, 0) is 17.7 Å². The van der Waals surface area contributed by atoms with Crippen LogP contribution in [0.3, 0.4) is 0 Å². The molecule has 0 aliphatic rings. The fourth-order valence-corrected chi connectivity index (χ4v) is 3.76. The number of carbonyl (C=O) groups is 1. The number of anilines is 1. The Balaban J connectivity index is 1.59. The molecule has 0 atom stereocenters. The second-order valence-electron chi connectivity index (χ2n) is 6.51. The lowest BCUT2D eigenvalue weighted by Gasteiger charge is -2.09. The van der Waals surface area contributed by atoms with Crippen LogP contribution in [-0.2, 0) is 11.8 Å². The molecule has 1 amide bonds. The van der Waals surface area contributed by atoms with Crippen molar-refractivity contribution in [2.24, 2.45) is 7.05 Å². The zero-order chi connectivity index (χ0) is 21.3. The highest BCUT2D eigenvalue weighted by Gasteiger charge is 2.16. The highest BCUT2D eigenvalue weighted by Crippen LogP contribution is 2.27. The van der Waals surface area contributed by atoms with Crippen LogP contribution < -0.4 is 10.9 Å². The van der Waals surface area contributed by atoms with Gasteiger partial charge in [-0.3, -0.25) is 14.2 Å². The Hall–Kier alpha value is -3.46. The number of hydrogen-bond donors (Lipinski definition) is 2. The third-order valence-electron chi connectivity index (χ3n) is 4.49. The predicted molar refractivity (Wildman–Crippen MR) is 112 cm³/mol. The zero-order valence-corrected chi connectivity index (χ0v) is 16.6. The van der Waals surface area contributed by atoms with Gasteiger partial charge in [-0.2, -0.15) is 0 Å². The molecule has 6 nitrogen and oxygen atoms in total. The fourth-order valence-electron chi connectivity index (χ4n) is 2.99. The predicted octanol–water partition coefficient (Wildman–Crippen LogP) is 3.94. The summed E-state index contributed by atoms with van der Waals surface area (Å²) in [4.78, 5) is 32.5. The van der Waals surface area contributed by atoms with E-state index in [4.69, 9.17) is 0 Å². The number of H-pyrrole nitrogens is 1. The standard InChI is InChI=1S/C21H16F2N4O2S/c1-27-20(29)19-18(14(10-24-19)12-5-3-2-4-6-12)26-21(27)30-11-17(28)25-16-8-7-13(22)9-15(16)23/h2-10,24H,11H2,1H3,(H,25,28). The van der Waals surface area contributed by atoms with E-state index in [9.17, 15) is 18.4 Å². The van der Waals surface area contributed by atoms with Crippen molar-refractivity contribution >= 4 is 34.4 Å². The van der Waals surface area contributed by atoms with Crippen molar-refractivity contribution in [2.75, 3.05) is 11.1 Å². The lowest BCUT2D eigenvalue weighted by Crippen LogP contribution is -2.21. The van der Waals surface area contributed by atoms with Gasteiger partial charge in [0.05, 0.1) is 11.4 Å². The third kappa shape index (κ3) is 3.84. The van der Waals surface area contributed by atoms with E-state index in [1.54, 1.807) is 13.2 Å². The molecular formula is C21H16F2N4O2S. The molecule has 2 aromatic heterocycles. The van der Waals surface area contributed by atoms with Crippen LogP contribution in [0.5, 0.6) is 0 Å². The maximum absolute atomic E-state index is 13.7. The molecule has 2 aromatic carbocycles. The van der Waals surface area contributed by atoms with E-state index in [1.165, 1.54) is 4.57 Å². The zero-order valence-electron chi connectivity index (χ0n) is 15.8. The van der Waals surface area contributed by atoms with Gasteiger partial charge in [0.25, 0.3) is 5.56 Å². The Morgan fingerprint density at radius 1 is 1.20 bits per heavy atom. The van der Waals surface area contributed by atoms with Crippen molar-refractivity contribution in [2.45, 2.75) is 5.16 Å². The molecule has 4 aromatic rings. The molecule has 2 heterocycles. The molecule has 2 N–H and O–H groups in total. The molecule has 0 saturated carbocycles. The summed E-state index contributed by atoms with van der Waals surface area (Å²) in [6, 6.07) is 12.4. The molecule has 0 unspecified atom stereocenters. The molecule has 4 rings (SSSR count). The third-order valence-corrected chi connectivity index (χ3v) is 5.52. The summed E-state index contributed by atoms with van der Waals surface area (Å²) in [5, 5.41) is 2.73. The first-order valence-electron chi connectivity index (χ1n) is 8.95. The lowest BCUT2D eigenvalue weighted by atomic mass is 10.1. The van der Waals surface area contributed by atoms with Crippen LogP contribution in [0.15, 0.2) is 64.7 Å². The Labute approximate surface area is 174 Å². The van der Waals surface area contributed by atoms with Gasteiger partial charge in [0.2, 0.25) is 5.91 Å². The van der Waals surface area contributed by atoms with E-state index < -0.39 is 17.5 Å². The number of carbonyl (C=O) groups excluding carboxylic acids is 1. The quantitative estimate of drug-likeness (QED) is 0.374. The summed E-state index contributed by atoms with van der Waals surface area (Å²) in [6.45, 7) is 0. The fraction of sp³-hybridized carbons (Fsp3) is 0.0952. The SMILES string of the molecule is Cn1c(SCC(=O)Nc2ccc(F)cc2F)nc2c(-c3ccccc3)c[nH]c2c1=O. The van der Waals surface area contributed by atoms with Gasteiger partial charge in [0.15, 0.2) is 5.16 Å². The second kappa shape index (κ2) is 8.11. The molecule has 152 valence electrons. The van der Waals surface area contributed by atoms with Crippen LogP contribution in [0.2, 0.25) is 0 Å². The number of thioether (sulfide) groups is 1. The van der Waals surface area contributed by atoms with Crippen molar-refractivity contribution < 1.29 is 13.6 Å². The molecule has 0 fully saturated rings. The first-order valence-corrected chi connectivity index (χ1v) is 9.94. The minimum atomic E-state index is -0.861. The number of rotatable bonds is 5. The summed E-state index contributed by atoms with van der Waals surface area (Å²) >= 11 is 1.05. The molecule has 0 bridgehead atoms. The lowest BCUT2D eigenvalue weighted by molar-refractivity contribution is -0.113. The van der Waals surface area contributed by atoms with Crippen LogP contribution in [0, 0.1) is 11.6 Å². The van der Waals surface area contributed by atoms with E-state index in [1.807, 2.05) is 30.3 Å². The second-order valence-corrected chi connectivity index (χ2v) is 7.45. The summed E-state index contributed by atoms with van der Waals surface area (Å²) in [7, 11) is 1.57. The van der Waals surface area contributed by atoms with E-state index >= 15 is 0 Å². The largest absolute Gasteiger partial charge is 0.355 e. The van der Waals surface area contributed by atoms with Gasteiger partial charge >= 0.3 is 0 Å². The highest BCUT2D eigenvalue weighted by molar-refractivity contribution is 7.99. The van der Waals surface area contributed by atoms with Gasteiger partial charge in [-0.15, -0.1) is 0 Å². The number of aromatic amines is 1. The Kier molecular flexibility index (Phi) is 5.37. The number of aromatic nitrogens is 3. The molecule has 0 saturated heterocycles. The topological polar surface area (TPSA) is 79.8 Å². The average molecular weight is 426 g/mol. The summed E-state index contributed by atoms with van der Waals surface area (Å²) < 4.78 is 28.1. The number of benzene rings is 2. The van der Waals surface area contributed by atoms with Crippen LogP contribution in [0.4, 0.5) is 14.5 Å². The average Bonchev–Trinajstić information content (AvgIpc) is 3.16. The maximum atomic E-state index is 13.7. The highest BCUT2D eigenvalue weighted by atomic mass is 32.2. The number of nitrogens with one attached hydrogen (secondary N) is 2. The first kappa shape index (κ1) is 19.8. The van der Waals surface area contributed by atoms with E-state index in [0.717, 1.165) is 35.0 Å². The molecule has 0 aliphatic heterocycles. The van der Waals surface area contributed by atoms with Gasteiger partial charge in [0.1, 0.15) is 22.7 Å². The van der Waals surface area contributed by atoms with Crippen LogP contribution in [-0.4, -0.2) is 26.2 Å². The van der Waals surface area contributed by atoms with E-state index in [2.05, 4.69) is 15.3 Å². The van der Waals surface area contributed by atoms with Crippen LogP contribution >= 0.6 is 11.8 Å². The maximum Gasteiger partial charge on any atom is 0.278 e. The van der Waals surface area contributed by atoms with Crippen LogP contribution in [0.1, 0.15) is 0 Å².